The number of nitrogens with one attached hydrogen (secondary N) is 1. The van der Waals surface area contributed by atoms with Gasteiger partial charge in [-0.1, -0.05) is 11.6 Å². The molecule has 1 aromatic carbocycles. The monoisotopic (exact) mass is 402 g/mol. The number of carbonyl (C=O) groups excluding carboxylic acids is 2. The highest BCUT2D eigenvalue weighted by atomic mass is 79.9. The van der Waals surface area contributed by atoms with Crippen molar-refractivity contribution < 1.29 is 14.3 Å². The third-order valence-electron chi connectivity index (χ3n) is 3.91. The van der Waals surface area contributed by atoms with Crippen molar-refractivity contribution >= 4 is 45.1 Å². The van der Waals surface area contributed by atoms with Crippen molar-refractivity contribution in [2.75, 3.05) is 31.6 Å². The first-order valence-corrected chi connectivity index (χ1v) is 8.66. The van der Waals surface area contributed by atoms with Crippen LogP contribution in [-0.4, -0.2) is 38.6 Å². The van der Waals surface area contributed by atoms with Crippen LogP contribution in [0.4, 0.5) is 5.69 Å². The summed E-state index contributed by atoms with van der Waals surface area (Å²) < 4.78 is 5.65. The van der Waals surface area contributed by atoms with Crippen LogP contribution in [0.5, 0.6) is 0 Å². The summed E-state index contributed by atoms with van der Waals surface area (Å²) in [6.07, 6.45) is 2.05. The van der Waals surface area contributed by atoms with E-state index in [-0.39, 0.29) is 5.91 Å². The van der Waals surface area contributed by atoms with E-state index in [2.05, 4.69) is 26.1 Å². The number of benzene rings is 1. The van der Waals surface area contributed by atoms with E-state index < -0.39 is 5.97 Å². The van der Waals surface area contributed by atoms with Crippen molar-refractivity contribution in [3.05, 3.63) is 27.2 Å². The highest BCUT2D eigenvalue weighted by Crippen LogP contribution is 2.36. The van der Waals surface area contributed by atoms with Gasteiger partial charge in [-0.25, -0.2) is 4.79 Å². The molecule has 0 aromatic heterocycles. The molecule has 1 fully saturated rings. The molecule has 5 nitrogen and oxygen atoms in total. The number of halogens is 2. The molecule has 1 saturated heterocycles. The smallest absolute Gasteiger partial charge is 0.340 e. The fraction of sp³-hybridized carbons (Fsp3) is 0.500. The zero-order valence-corrected chi connectivity index (χ0v) is 15.5. The molecule has 0 unspecified atom stereocenters. The summed E-state index contributed by atoms with van der Waals surface area (Å²) in [7, 11) is 1.36. The minimum absolute atomic E-state index is 0.0231. The average molecular weight is 404 g/mol. The summed E-state index contributed by atoms with van der Waals surface area (Å²) in [6, 6.07) is 3.41. The third-order valence-corrected chi connectivity index (χ3v) is 4.73. The molecule has 23 heavy (non-hydrogen) atoms. The minimum Gasteiger partial charge on any atom is -0.465 e. The summed E-state index contributed by atoms with van der Waals surface area (Å²) in [5, 5.41) is 3.35. The van der Waals surface area contributed by atoms with Gasteiger partial charge in [0.15, 0.2) is 0 Å². The average Bonchev–Trinajstić information content (AvgIpc) is 2.51. The first-order chi connectivity index (χ1) is 10.9. The van der Waals surface area contributed by atoms with Crippen molar-refractivity contribution in [2.24, 2.45) is 5.92 Å². The number of hydrogen-bond acceptors (Lipinski definition) is 4. The van der Waals surface area contributed by atoms with E-state index in [1.54, 1.807) is 12.1 Å². The summed E-state index contributed by atoms with van der Waals surface area (Å²) >= 11 is 9.58. The fourth-order valence-electron chi connectivity index (χ4n) is 2.88. The number of carbonyl (C=O) groups is 2. The van der Waals surface area contributed by atoms with Gasteiger partial charge in [0.25, 0.3) is 0 Å². The Balaban J connectivity index is 2.26. The zero-order valence-electron chi connectivity index (χ0n) is 13.2. The van der Waals surface area contributed by atoms with Gasteiger partial charge >= 0.3 is 5.97 Å². The maximum Gasteiger partial charge on any atom is 0.340 e. The molecule has 1 amide bonds. The van der Waals surface area contributed by atoms with E-state index in [0.29, 0.717) is 23.0 Å². The van der Waals surface area contributed by atoms with Crippen molar-refractivity contribution in [1.29, 1.82) is 0 Å². The molecule has 0 spiro atoms. The standard InChI is InChI=1S/C16H20BrClN2O3/c1-10(21)19-8-11-4-3-5-20(9-11)15-13(16(22)23-2)6-12(18)7-14(15)17/h6-7,11H,3-5,8-9H2,1-2H3,(H,19,21)/t11-/m0/s1. The van der Waals surface area contributed by atoms with E-state index in [9.17, 15) is 9.59 Å². The lowest BCUT2D eigenvalue weighted by Crippen LogP contribution is -2.41. The number of amides is 1. The maximum atomic E-state index is 12.1. The summed E-state index contributed by atoms with van der Waals surface area (Å²) in [5.41, 5.74) is 1.25. The molecule has 1 aliphatic rings. The largest absolute Gasteiger partial charge is 0.465 e. The van der Waals surface area contributed by atoms with Crippen molar-refractivity contribution in [1.82, 2.24) is 5.32 Å². The summed E-state index contributed by atoms with van der Waals surface area (Å²) in [4.78, 5) is 25.4. The van der Waals surface area contributed by atoms with Crippen LogP contribution in [0.2, 0.25) is 5.02 Å². The number of esters is 1. The van der Waals surface area contributed by atoms with Gasteiger partial charge < -0.3 is 15.0 Å². The Hall–Kier alpha value is -1.27. The molecule has 0 saturated carbocycles. The molecular formula is C16H20BrClN2O3. The van der Waals surface area contributed by atoms with E-state index in [1.807, 2.05) is 0 Å². The molecule has 1 atom stereocenters. The van der Waals surface area contributed by atoms with Crippen LogP contribution in [0, 0.1) is 5.92 Å². The molecule has 2 rings (SSSR count). The van der Waals surface area contributed by atoms with E-state index in [4.69, 9.17) is 16.3 Å². The first kappa shape index (κ1) is 18.1. The number of nitrogens with zero attached hydrogens (tertiary/aromatic N) is 1. The number of anilines is 1. The van der Waals surface area contributed by atoms with Crippen molar-refractivity contribution in [2.45, 2.75) is 19.8 Å². The molecule has 0 bridgehead atoms. The van der Waals surface area contributed by atoms with Crippen LogP contribution in [0.25, 0.3) is 0 Å². The Labute approximate surface area is 149 Å². The van der Waals surface area contributed by atoms with E-state index in [0.717, 1.165) is 36.1 Å². The molecule has 1 aromatic rings. The summed E-state index contributed by atoms with van der Waals surface area (Å²) in [5.74, 6) is -0.0852. The Bertz CT molecular complexity index is 609. The highest BCUT2D eigenvalue weighted by molar-refractivity contribution is 9.10. The Morgan fingerprint density at radius 2 is 2.22 bits per heavy atom. The molecular weight excluding hydrogens is 384 g/mol. The molecule has 126 valence electrons. The van der Waals surface area contributed by atoms with Crippen LogP contribution in [0.1, 0.15) is 30.1 Å². The van der Waals surface area contributed by atoms with Crippen LogP contribution in [-0.2, 0) is 9.53 Å². The third kappa shape index (κ3) is 4.61. The number of hydrogen-bond donors (Lipinski definition) is 1. The van der Waals surface area contributed by atoms with Gasteiger partial charge in [-0.3, -0.25) is 4.79 Å². The van der Waals surface area contributed by atoms with Gasteiger partial charge in [0.05, 0.1) is 18.4 Å². The molecule has 1 N–H and O–H groups in total. The fourth-order valence-corrected chi connectivity index (χ4v) is 3.94. The van der Waals surface area contributed by atoms with Crippen molar-refractivity contribution in [3.63, 3.8) is 0 Å². The molecule has 0 radical (unpaired) electrons. The van der Waals surface area contributed by atoms with Gasteiger partial charge in [-0.2, -0.15) is 0 Å². The molecule has 1 aliphatic heterocycles. The van der Waals surface area contributed by atoms with Crippen LogP contribution < -0.4 is 10.2 Å². The van der Waals surface area contributed by atoms with E-state index >= 15 is 0 Å². The van der Waals surface area contributed by atoms with Gasteiger partial charge in [-0.15, -0.1) is 0 Å². The molecule has 7 heteroatoms. The van der Waals surface area contributed by atoms with E-state index in [1.165, 1.54) is 14.0 Å². The second kappa shape index (κ2) is 8.02. The zero-order chi connectivity index (χ0) is 17.0. The number of piperidine rings is 1. The first-order valence-electron chi connectivity index (χ1n) is 7.49. The van der Waals surface area contributed by atoms with Crippen molar-refractivity contribution in [3.8, 4) is 0 Å². The topological polar surface area (TPSA) is 58.6 Å². The molecule has 0 aliphatic carbocycles. The summed E-state index contributed by atoms with van der Waals surface area (Å²) in [6.45, 7) is 3.78. The van der Waals surface area contributed by atoms with Crippen LogP contribution in [0.3, 0.4) is 0 Å². The van der Waals surface area contributed by atoms with Gasteiger partial charge in [0.2, 0.25) is 5.91 Å². The second-order valence-corrected chi connectivity index (χ2v) is 6.96. The predicted molar refractivity (Wildman–Crippen MR) is 94.1 cm³/mol. The maximum absolute atomic E-state index is 12.1. The Morgan fingerprint density at radius 3 is 2.87 bits per heavy atom. The van der Waals surface area contributed by atoms with Gasteiger partial charge in [0, 0.05) is 36.1 Å². The number of methoxy groups -OCH3 is 1. The minimum atomic E-state index is -0.410. The highest BCUT2D eigenvalue weighted by Gasteiger charge is 2.26. The Morgan fingerprint density at radius 1 is 1.48 bits per heavy atom. The lowest BCUT2D eigenvalue weighted by atomic mass is 9.96. The lowest BCUT2D eigenvalue weighted by Gasteiger charge is -2.36. The number of rotatable bonds is 4. The van der Waals surface area contributed by atoms with Gasteiger partial charge in [0.1, 0.15) is 0 Å². The lowest BCUT2D eigenvalue weighted by molar-refractivity contribution is -0.119. The molecule has 1 heterocycles. The van der Waals surface area contributed by atoms with Crippen LogP contribution in [0.15, 0.2) is 16.6 Å². The number of ether oxygens (including phenoxy) is 1. The quantitative estimate of drug-likeness (QED) is 0.784. The SMILES string of the molecule is COC(=O)c1cc(Cl)cc(Br)c1N1CCC[C@@H](CNC(C)=O)C1. The van der Waals surface area contributed by atoms with Gasteiger partial charge in [-0.05, 0) is 46.8 Å². The normalized spacial score (nSPS) is 17.7. The van der Waals surface area contributed by atoms with Crippen LogP contribution >= 0.6 is 27.5 Å². The second-order valence-electron chi connectivity index (χ2n) is 5.67. The predicted octanol–water partition coefficient (Wildman–Crippen LogP) is 3.24. The Kier molecular flexibility index (Phi) is 6.30.